The fraction of sp³-hybridized carbons (Fsp3) is 0.625. The van der Waals surface area contributed by atoms with Crippen molar-refractivity contribution in [1.82, 2.24) is 14.9 Å². The first-order chi connectivity index (χ1) is 5.61. The van der Waals surface area contributed by atoms with E-state index in [2.05, 4.69) is 24.1 Å². The van der Waals surface area contributed by atoms with Crippen LogP contribution in [0, 0.1) is 0 Å². The SMILES string of the molecule is CC(C)NCc1ncc(N)n1C. The minimum Gasteiger partial charge on any atom is -0.384 e. The second-order valence-corrected chi connectivity index (χ2v) is 3.19. The maximum absolute atomic E-state index is 5.62. The van der Waals surface area contributed by atoms with Crippen molar-refractivity contribution < 1.29 is 0 Å². The van der Waals surface area contributed by atoms with Gasteiger partial charge >= 0.3 is 0 Å². The van der Waals surface area contributed by atoms with Gasteiger partial charge < -0.3 is 15.6 Å². The van der Waals surface area contributed by atoms with E-state index in [1.54, 1.807) is 6.20 Å². The minimum atomic E-state index is 0.475. The van der Waals surface area contributed by atoms with Crippen molar-refractivity contribution in [1.29, 1.82) is 0 Å². The summed E-state index contributed by atoms with van der Waals surface area (Å²) in [6, 6.07) is 0.475. The Balaban J connectivity index is 2.58. The van der Waals surface area contributed by atoms with Crippen LogP contribution in [0.3, 0.4) is 0 Å². The molecule has 1 aromatic rings. The Morgan fingerprint density at radius 2 is 2.33 bits per heavy atom. The van der Waals surface area contributed by atoms with Crippen molar-refractivity contribution in [3.05, 3.63) is 12.0 Å². The first kappa shape index (κ1) is 9.06. The second-order valence-electron chi connectivity index (χ2n) is 3.19. The minimum absolute atomic E-state index is 0.475. The zero-order chi connectivity index (χ0) is 9.14. The molecule has 0 bridgehead atoms. The third-order valence-electron chi connectivity index (χ3n) is 1.79. The van der Waals surface area contributed by atoms with Crippen molar-refractivity contribution in [3.8, 4) is 0 Å². The van der Waals surface area contributed by atoms with E-state index in [1.807, 2.05) is 11.6 Å². The van der Waals surface area contributed by atoms with Gasteiger partial charge in [0, 0.05) is 13.1 Å². The van der Waals surface area contributed by atoms with Gasteiger partial charge in [-0.3, -0.25) is 0 Å². The van der Waals surface area contributed by atoms with E-state index >= 15 is 0 Å². The fourth-order valence-corrected chi connectivity index (χ4v) is 0.923. The first-order valence-corrected chi connectivity index (χ1v) is 4.10. The van der Waals surface area contributed by atoms with Gasteiger partial charge in [-0.25, -0.2) is 4.98 Å². The van der Waals surface area contributed by atoms with E-state index in [1.165, 1.54) is 0 Å². The highest BCUT2D eigenvalue weighted by molar-refractivity contribution is 5.27. The quantitative estimate of drug-likeness (QED) is 0.691. The zero-order valence-corrected chi connectivity index (χ0v) is 7.83. The maximum Gasteiger partial charge on any atom is 0.124 e. The predicted molar refractivity (Wildman–Crippen MR) is 49.6 cm³/mol. The van der Waals surface area contributed by atoms with Crippen LogP contribution in [-0.2, 0) is 13.6 Å². The van der Waals surface area contributed by atoms with E-state index in [9.17, 15) is 0 Å². The average Bonchev–Trinajstić information content (AvgIpc) is 2.30. The summed E-state index contributed by atoms with van der Waals surface area (Å²) in [5.74, 6) is 1.68. The summed E-state index contributed by atoms with van der Waals surface area (Å²) in [4.78, 5) is 4.16. The molecular weight excluding hydrogens is 152 g/mol. The summed E-state index contributed by atoms with van der Waals surface area (Å²) >= 11 is 0. The van der Waals surface area contributed by atoms with Crippen LogP contribution >= 0.6 is 0 Å². The number of rotatable bonds is 3. The van der Waals surface area contributed by atoms with Crippen LogP contribution in [0.1, 0.15) is 19.7 Å². The molecule has 4 nitrogen and oxygen atoms in total. The molecule has 0 amide bonds. The van der Waals surface area contributed by atoms with Crippen LogP contribution in [0.15, 0.2) is 6.20 Å². The standard InChI is InChI=1S/C8H16N4/c1-6(2)10-5-8-11-4-7(9)12(8)3/h4,6,10H,5,9H2,1-3H3. The van der Waals surface area contributed by atoms with Crippen LogP contribution in [0.25, 0.3) is 0 Å². The number of nitrogens with two attached hydrogens (primary N) is 1. The molecular formula is C8H16N4. The molecule has 1 rings (SSSR count). The van der Waals surface area contributed by atoms with Gasteiger partial charge in [0.05, 0.1) is 12.7 Å². The molecule has 0 radical (unpaired) electrons. The van der Waals surface area contributed by atoms with Crippen LogP contribution in [0.5, 0.6) is 0 Å². The van der Waals surface area contributed by atoms with Crippen molar-refractivity contribution >= 4 is 5.82 Å². The summed E-state index contributed by atoms with van der Waals surface area (Å²) in [5.41, 5.74) is 5.62. The fourth-order valence-electron chi connectivity index (χ4n) is 0.923. The van der Waals surface area contributed by atoms with E-state index in [-0.39, 0.29) is 0 Å². The van der Waals surface area contributed by atoms with E-state index in [0.29, 0.717) is 11.9 Å². The van der Waals surface area contributed by atoms with Gasteiger partial charge in [0.15, 0.2) is 0 Å². The molecule has 4 heteroatoms. The number of nitrogens with one attached hydrogen (secondary N) is 1. The Morgan fingerprint density at radius 3 is 2.75 bits per heavy atom. The van der Waals surface area contributed by atoms with E-state index in [4.69, 9.17) is 5.73 Å². The number of nitrogen functional groups attached to an aromatic ring is 1. The number of nitrogens with zero attached hydrogens (tertiary/aromatic N) is 2. The lowest BCUT2D eigenvalue weighted by molar-refractivity contribution is 0.562. The van der Waals surface area contributed by atoms with Crippen molar-refractivity contribution in [3.63, 3.8) is 0 Å². The Kier molecular flexibility index (Phi) is 2.70. The molecule has 0 aliphatic rings. The van der Waals surface area contributed by atoms with E-state index < -0.39 is 0 Å². The third-order valence-corrected chi connectivity index (χ3v) is 1.79. The van der Waals surface area contributed by atoms with Gasteiger partial charge in [-0.05, 0) is 0 Å². The van der Waals surface area contributed by atoms with Gasteiger partial charge in [0.25, 0.3) is 0 Å². The van der Waals surface area contributed by atoms with Crippen LogP contribution < -0.4 is 11.1 Å². The average molecular weight is 168 g/mol. The summed E-state index contributed by atoms with van der Waals surface area (Å²) in [6.45, 7) is 4.98. The molecule has 0 aromatic carbocycles. The number of imidazole rings is 1. The van der Waals surface area contributed by atoms with Crippen LogP contribution in [0.4, 0.5) is 5.82 Å². The van der Waals surface area contributed by atoms with Gasteiger partial charge in [-0.15, -0.1) is 0 Å². The normalized spacial score (nSPS) is 11.0. The first-order valence-electron chi connectivity index (χ1n) is 4.10. The highest BCUT2D eigenvalue weighted by Crippen LogP contribution is 2.03. The van der Waals surface area contributed by atoms with Gasteiger partial charge in [0.1, 0.15) is 11.6 Å². The highest BCUT2D eigenvalue weighted by atomic mass is 15.1. The molecule has 1 heterocycles. The number of hydrogen-bond acceptors (Lipinski definition) is 3. The molecule has 0 aliphatic heterocycles. The van der Waals surface area contributed by atoms with Crippen LogP contribution in [0.2, 0.25) is 0 Å². The summed E-state index contributed by atoms with van der Waals surface area (Å²) in [6.07, 6.45) is 1.68. The molecule has 12 heavy (non-hydrogen) atoms. The maximum atomic E-state index is 5.62. The lowest BCUT2D eigenvalue weighted by Gasteiger charge is -2.07. The lowest BCUT2D eigenvalue weighted by atomic mass is 10.4. The van der Waals surface area contributed by atoms with Gasteiger partial charge in [-0.2, -0.15) is 0 Å². The molecule has 0 aliphatic carbocycles. The topological polar surface area (TPSA) is 55.9 Å². The molecule has 0 unspecified atom stereocenters. The Morgan fingerprint density at radius 1 is 1.67 bits per heavy atom. The summed E-state index contributed by atoms with van der Waals surface area (Å²) < 4.78 is 1.88. The van der Waals surface area contributed by atoms with Crippen molar-refractivity contribution in [2.75, 3.05) is 5.73 Å². The Labute approximate surface area is 72.8 Å². The second kappa shape index (κ2) is 3.58. The van der Waals surface area contributed by atoms with Crippen molar-refractivity contribution in [2.24, 2.45) is 7.05 Å². The highest BCUT2D eigenvalue weighted by Gasteiger charge is 2.02. The van der Waals surface area contributed by atoms with Gasteiger partial charge in [0.2, 0.25) is 0 Å². The lowest BCUT2D eigenvalue weighted by Crippen LogP contribution is -2.23. The van der Waals surface area contributed by atoms with Crippen molar-refractivity contribution in [2.45, 2.75) is 26.4 Å². The molecule has 1 aromatic heterocycles. The van der Waals surface area contributed by atoms with Gasteiger partial charge in [-0.1, -0.05) is 13.8 Å². The molecule has 0 saturated heterocycles. The molecule has 0 saturated carbocycles. The predicted octanol–water partition coefficient (Wildman–Crippen LogP) is 0.500. The molecule has 0 spiro atoms. The molecule has 0 fully saturated rings. The van der Waals surface area contributed by atoms with E-state index in [0.717, 1.165) is 12.4 Å². The largest absolute Gasteiger partial charge is 0.384 e. The zero-order valence-electron chi connectivity index (χ0n) is 7.83. The number of hydrogen-bond donors (Lipinski definition) is 2. The Hall–Kier alpha value is -1.03. The Bertz CT molecular complexity index is 252. The smallest absolute Gasteiger partial charge is 0.124 e. The molecule has 68 valence electrons. The molecule has 0 atom stereocenters. The monoisotopic (exact) mass is 168 g/mol. The number of anilines is 1. The molecule has 3 N–H and O–H groups in total. The third kappa shape index (κ3) is 1.98. The van der Waals surface area contributed by atoms with Crippen LogP contribution in [-0.4, -0.2) is 15.6 Å². The summed E-state index contributed by atoms with van der Waals surface area (Å²) in [5, 5.41) is 3.28. The number of aromatic nitrogens is 2. The summed E-state index contributed by atoms with van der Waals surface area (Å²) in [7, 11) is 1.92.